The molecular weight excluding hydrogens is 340 g/mol. The van der Waals surface area contributed by atoms with Crippen molar-refractivity contribution in [1.82, 2.24) is 0 Å². The van der Waals surface area contributed by atoms with Gasteiger partial charge < -0.3 is 15.3 Å². The van der Waals surface area contributed by atoms with Crippen molar-refractivity contribution in [2.75, 3.05) is 0 Å². The lowest BCUT2D eigenvalue weighted by atomic mass is 9.48. The molecule has 10 atom stereocenters. The number of carboxylic acid groups (broad SMARTS) is 1. The van der Waals surface area contributed by atoms with Gasteiger partial charge in [0.2, 0.25) is 0 Å². The van der Waals surface area contributed by atoms with Crippen LogP contribution in [-0.4, -0.2) is 33.5 Å². The van der Waals surface area contributed by atoms with E-state index >= 15 is 0 Å². The zero-order valence-corrected chi connectivity index (χ0v) is 17.0. The van der Waals surface area contributed by atoms with Crippen LogP contribution in [0.2, 0.25) is 0 Å². The summed E-state index contributed by atoms with van der Waals surface area (Å²) in [6.45, 7) is 4.53. The van der Waals surface area contributed by atoms with Crippen molar-refractivity contribution in [2.24, 2.45) is 46.8 Å². The Morgan fingerprint density at radius 3 is 2.48 bits per heavy atom. The Kier molecular flexibility index (Phi) is 5.35. The van der Waals surface area contributed by atoms with Crippen LogP contribution in [-0.2, 0) is 4.79 Å². The zero-order valence-electron chi connectivity index (χ0n) is 17.0. The Labute approximate surface area is 163 Å². The highest BCUT2D eigenvalue weighted by Crippen LogP contribution is 2.65. The summed E-state index contributed by atoms with van der Waals surface area (Å²) in [6.07, 6.45) is 9.47. The third-order valence-electron chi connectivity index (χ3n) is 9.60. The van der Waals surface area contributed by atoms with Crippen LogP contribution in [0.1, 0.15) is 78.1 Å². The molecule has 0 aliphatic heterocycles. The van der Waals surface area contributed by atoms with Crippen molar-refractivity contribution in [3.05, 3.63) is 0 Å². The Bertz CT molecular complexity index is 563. The highest BCUT2D eigenvalue weighted by molar-refractivity contribution is 5.66. The summed E-state index contributed by atoms with van der Waals surface area (Å²) in [6, 6.07) is 0. The van der Waals surface area contributed by atoms with Crippen molar-refractivity contribution in [1.29, 1.82) is 0 Å². The highest BCUT2D eigenvalue weighted by atomic mass is 16.4. The molecule has 154 valence electrons. The first-order valence-electron chi connectivity index (χ1n) is 11.4. The lowest BCUT2D eigenvalue weighted by Crippen LogP contribution is -2.55. The van der Waals surface area contributed by atoms with Gasteiger partial charge in [-0.25, -0.2) is 0 Å². The summed E-state index contributed by atoms with van der Waals surface area (Å²) in [7, 11) is 0. The third kappa shape index (κ3) is 3.25. The van der Waals surface area contributed by atoms with Gasteiger partial charge in [-0.15, -0.1) is 0 Å². The molecule has 4 heteroatoms. The van der Waals surface area contributed by atoms with Gasteiger partial charge in [-0.2, -0.15) is 0 Å². The molecule has 4 fully saturated rings. The fraction of sp³-hybridized carbons (Fsp3) is 0.957. The minimum Gasteiger partial charge on any atom is -0.481 e. The van der Waals surface area contributed by atoms with Crippen LogP contribution in [0.4, 0.5) is 0 Å². The average Bonchev–Trinajstić information content (AvgIpc) is 2.98. The molecule has 2 unspecified atom stereocenters. The van der Waals surface area contributed by atoms with Crippen LogP contribution in [0, 0.1) is 46.8 Å². The molecule has 0 radical (unpaired) electrons. The smallest absolute Gasteiger partial charge is 0.303 e. The van der Waals surface area contributed by atoms with Crippen LogP contribution in [0.3, 0.4) is 0 Å². The van der Waals surface area contributed by atoms with Gasteiger partial charge in [-0.1, -0.05) is 13.8 Å². The quantitative estimate of drug-likeness (QED) is 0.688. The maximum Gasteiger partial charge on any atom is 0.303 e. The van der Waals surface area contributed by atoms with Crippen molar-refractivity contribution in [3.8, 4) is 0 Å². The van der Waals surface area contributed by atoms with Crippen LogP contribution in [0.15, 0.2) is 0 Å². The van der Waals surface area contributed by atoms with Crippen molar-refractivity contribution in [2.45, 2.75) is 90.3 Å². The van der Waals surface area contributed by atoms with Gasteiger partial charge in [0.1, 0.15) is 0 Å². The van der Waals surface area contributed by atoms with Crippen LogP contribution in [0.25, 0.3) is 0 Å². The molecule has 4 rings (SSSR count). The summed E-state index contributed by atoms with van der Waals surface area (Å²) in [5.74, 6) is 3.43. The van der Waals surface area contributed by atoms with Crippen LogP contribution in [0.5, 0.6) is 0 Å². The summed E-state index contributed by atoms with van der Waals surface area (Å²) < 4.78 is 0. The maximum absolute atomic E-state index is 11.4. The molecule has 0 aromatic rings. The monoisotopic (exact) mass is 378 g/mol. The normalized spacial score (nSPS) is 50.4. The van der Waals surface area contributed by atoms with E-state index in [4.69, 9.17) is 5.11 Å². The molecule has 4 aliphatic carbocycles. The van der Waals surface area contributed by atoms with Gasteiger partial charge >= 0.3 is 5.97 Å². The second-order valence-electron chi connectivity index (χ2n) is 10.6. The van der Waals surface area contributed by atoms with Crippen molar-refractivity contribution >= 4 is 5.97 Å². The maximum atomic E-state index is 11.4. The highest BCUT2D eigenvalue weighted by Gasteiger charge is 2.61. The van der Waals surface area contributed by atoms with E-state index in [-0.39, 0.29) is 24.0 Å². The van der Waals surface area contributed by atoms with Crippen LogP contribution >= 0.6 is 0 Å². The Morgan fingerprint density at radius 1 is 1.00 bits per heavy atom. The molecule has 0 aromatic carbocycles. The van der Waals surface area contributed by atoms with E-state index in [1.807, 2.05) is 0 Å². The second-order valence-corrected chi connectivity index (χ2v) is 10.6. The number of carboxylic acids is 1. The number of hydrogen-bond donors (Lipinski definition) is 3. The predicted octanol–water partition coefficient (Wildman–Crippen LogP) is 4.09. The van der Waals surface area contributed by atoms with E-state index < -0.39 is 5.97 Å². The minimum absolute atomic E-state index is 0.0416. The topological polar surface area (TPSA) is 77.8 Å². The summed E-state index contributed by atoms with van der Waals surface area (Å²) in [5, 5.41) is 30.5. The molecule has 0 aromatic heterocycles. The van der Waals surface area contributed by atoms with E-state index in [0.717, 1.165) is 44.4 Å². The Balaban J connectivity index is 1.52. The van der Waals surface area contributed by atoms with Crippen LogP contribution < -0.4 is 0 Å². The molecule has 0 heterocycles. The van der Waals surface area contributed by atoms with E-state index in [9.17, 15) is 15.0 Å². The first-order chi connectivity index (χ1) is 12.8. The van der Waals surface area contributed by atoms with Gasteiger partial charge in [-0.3, -0.25) is 4.79 Å². The number of aliphatic hydroxyl groups is 2. The minimum atomic E-state index is -0.705. The number of fused-ring (bicyclic) bond motifs is 5. The van der Waals surface area contributed by atoms with Crippen molar-refractivity contribution in [3.63, 3.8) is 0 Å². The standard InChI is InChI=1S/C23H38O4/c1-13(3-10-22(26)27)19-8-9-20-17-6-4-14-11-15(24)5-7-16(14)18(17)12-21(25)23(19,20)2/h13-21,24-25H,3-12H2,1-2H3,(H,26,27)/t13-,14?,15-,16?,17-,18-,19-,20+,21+,23-/m1/s1. The third-order valence-corrected chi connectivity index (χ3v) is 9.60. The largest absolute Gasteiger partial charge is 0.481 e. The molecule has 4 aliphatic rings. The summed E-state index contributed by atoms with van der Waals surface area (Å²) >= 11 is 0. The molecular formula is C23H38O4. The van der Waals surface area contributed by atoms with Gasteiger partial charge in [0, 0.05) is 6.42 Å². The first-order valence-corrected chi connectivity index (χ1v) is 11.4. The van der Waals surface area contributed by atoms with E-state index in [0.29, 0.717) is 35.5 Å². The van der Waals surface area contributed by atoms with Gasteiger partial charge in [0.15, 0.2) is 0 Å². The molecule has 0 spiro atoms. The number of aliphatic hydroxyl groups excluding tert-OH is 2. The molecule has 4 nitrogen and oxygen atoms in total. The molecule has 0 amide bonds. The van der Waals surface area contributed by atoms with Gasteiger partial charge in [0.25, 0.3) is 0 Å². The summed E-state index contributed by atoms with van der Waals surface area (Å²) in [5.41, 5.74) is -0.0416. The first kappa shape index (κ1) is 19.7. The number of aliphatic carboxylic acids is 1. The zero-order chi connectivity index (χ0) is 19.3. The lowest BCUT2D eigenvalue weighted by Gasteiger charge is -2.58. The second kappa shape index (κ2) is 7.33. The Hall–Kier alpha value is -0.610. The number of carbonyl (C=O) groups is 1. The van der Waals surface area contributed by atoms with E-state index in [1.54, 1.807) is 0 Å². The number of hydrogen-bond acceptors (Lipinski definition) is 3. The Morgan fingerprint density at radius 2 is 1.74 bits per heavy atom. The molecule has 4 saturated carbocycles. The fourth-order valence-corrected chi connectivity index (χ4v) is 8.33. The lowest BCUT2D eigenvalue weighted by molar-refractivity contribution is -0.148. The van der Waals surface area contributed by atoms with E-state index in [2.05, 4.69) is 13.8 Å². The molecule has 27 heavy (non-hydrogen) atoms. The predicted molar refractivity (Wildman–Crippen MR) is 104 cm³/mol. The number of rotatable bonds is 4. The summed E-state index contributed by atoms with van der Waals surface area (Å²) in [4.78, 5) is 11.0. The van der Waals surface area contributed by atoms with Gasteiger partial charge in [0.05, 0.1) is 12.2 Å². The fourth-order valence-electron chi connectivity index (χ4n) is 8.33. The molecule has 3 N–H and O–H groups in total. The molecule has 0 saturated heterocycles. The molecule has 0 bridgehead atoms. The SMILES string of the molecule is C[C@H](CCC(=O)O)[C@H]1CC[C@H]2[C@@H]3CCC4C[C@H](O)CCC4[C@H]3C[C@H](O)[C@]12C. The van der Waals surface area contributed by atoms with Crippen molar-refractivity contribution < 1.29 is 20.1 Å². The van der Waals surface area contributed by atoms with Gasteiger partial charge in [-0.05, 0) is 105 Å². The van der Waals surface area contributed by atoms with E-state index in [1.165, 1.54) is 19.3 Å². The average molecular weight is 379 g/mol.